The minimum atomic E-state index is 1.04. The van der Waals surface area contributed by atoms with E-state index in [0.29, 0.717) is 0 Å². The Hall–Kier alpha value is -2.56. The lowest BCUT2D eigenvalue weighted by atomic mass is 9.94. The van der Waals surface area contributed by atoms with E-state index in [9.17, 15) is 0 Å². The van der Waals surface area contributed by atoms with Gasteiger partial charge in [-0.05, 0) is 80.0 Å². The van der Waals surface area contributed by atoms with E-state index in [1.54, 1.807) is 0 Å². The van der Waals surface area contributed by atoms with Crippen LogP contribution in [0.4, 0.5) is 0 Å². The Labute approximate surface area is 153 Å². The molecule has 0 heterocycles. The first-order chi connectivity index (χ1) is 12.0. The number of rotatable bonds is 5. The maximum absolute atomic E-state index is 3.94. The molecule has 0 heteroatoms. The summed E-state index contributed by atoms with van der Waals surface area (Å²) in [6.07, 6.45) is 12.3. The summed E-state index contributed by atoms with van der Waals surface area (Å²) in [5.41, 5.74) is 13.6. The molecule has 1 aliphatic rings. The molecule has 0 atom stereocenters. The second-order valence-corrected chi connectivity index (χ2v) is 6.57. The first-order valence-corrected chi connectivity index (χ1v) is 8.86. The van der Waals surface area contributed by atoms with Gasteiger partial charge in [-0.3, -0.25) is 0 Å². The van der Waals surface area contributed by atoms with Crippen LogP contribution in [0.5, 0.6) is 0 Å². The van der Waals surface area contributed by atoms with Crippen LogP contribution < -0.4 is 0 Å². The predicted molar refractivity (Wildman–Crippen MR) is 112 cm³/mol. The highest BCUT2D eigenvalue weighted by Gasteiger charge is 2.16. The lowest BCUT2D eigenvalue weighted by Gasteiger charge is -2.11. The van der Waals surface area contributed by atoms with Gasteiger partial charge in [0, 0.05) is 5.57 Å². The van der Waals surface area contributed by atoms with Crippen LogP contribution in [0.15, 0.2) is 84.2 Å². The van der Waals surface area contributed by atoms with Crippen LogP contribution in [-0.2, 0) is 6.42 Å². The Balaban J connectivity index is 2.45. The third-order valence-corrected chi connectivity index (χ3v) is 4.67. The monoisotopic (exact) mass is 328 g/mol. The van der Waals surface area contributed by atoms with Crippen molar-refractivity contribution in [2.45, 2.75) is 40.5 Å². The SMILES string of the molecule is C=CC=C(C=CC(=C)C)C(C)=C(C)c1ccc2c(c1)CCC2=C=CC. The Kier molecular flexibility index (Phi) is 6.39. The summed E-state index contributed by atoms with van der Waals surface area (Å²) in [5.74, 6) is 0. The van der Waals surface area contributed by atoms with Crippen LogP contribution >= 0.6 is 0 Å². The summed E-state index contributed by atoms with van der Waals surface area (Å²) in [4.78, 5) is 0. The molecule has 0 unspecified atom stereocenters. The molecule has 0 saturated carbocycles. The van der Waals surface area contributed by atoms with Crippen LogP contribution in [0.3, 0.4) is 0 Å². The van der Waals surface area contributed by atoms with Crippen molar-refractivity contribution in [3.05, 3.63) is 101 Å². The molecule has 0 spiro atoms. The van der Waals surface area contributed by atoms with Crippen molar-refractivity contribution in [2.24, 2.45) is 0 Å². The fourth-order valence-electron chi connectivity index (χ4n) is 3.14. The lowest BCUT2D eigenvalue weighted by molar-refractivity contribution is 1.08. The van der Waals surface area contributed by atoms with Crippen molar-refractivity contribution < 1.29 is 0 Å². The number of allylic oxidation sites excluding steroid dienone is 9. The maximum atomic E-state index is 3.94. The minimum Gasteiger partial charge on any atom is -0.121 e. The predicted octanol–water partition coefficient (Wildman–Crippen LogP) is 7.23. The molecule has 1 aromatic carbocycles. The number of aryl methyl sites for hydroxylation is 1. The molecule has 0 aromatic heterocycles. The number of benzene rings is 1. The molecule has 128 valence electrons. The van der Waals surface area contributed by atoms with E-state index in [4.69, 9.17) is 0 Å². The van der Waals surface area contributed by atoms with Gasteiger partial charge in [0.15, 0.2) is 0 Å². The molecule has 0 bridgehead atoms. The highest BCUT2D eigenvalue weighted by Crippen LogP contribution is 2.34. The van der Waals surface area contributed by atoms with Crippen molar-refractivity contribution in [1.82, 2.24) is 0 Å². The standard InChI is InChI=1S/C25H28/c1-7-9-21(12-11-18(3)4)19(5)20(6)23-15-16-25-22(10-8-2)13-14-24(25)17-23/h7-9,11-12,15-17H,1,3,13-14H2,2,4-6H3. The quantitative estimate of drug-likeness (QED) is 0.395. The smallest absolute Gasteiger partial charge is 0.00146 e. The van der Waals surface area contributed by atoms with Gasteiger partial charge in [-0.15, -0.1) is 5.73 Å². The van der Waals surface area contributed by atoms with E-state index in [-0.39, 0.29) is 0 Å². The van der Waals surface area contributed by atoms with E-state index in [0.717, 1.165) is 18.4 Å². The van der Waals surface area contributed by atoms with E-state index in [1.807, 2.05) is 32.1 Å². The first kappa shape index (κ1) is 18.8. The van der Waals surface area contributed by atoms with Gasteiger partial charge in [-0.25, -0.2) is 0 Å². The second kappa shape index (κ2) is 8.51. The molecular formula is C25H28. The fraction of sp³-hybridized carbons (Fsp3) is 0.240. The molecule has 0 saturated heterocycles. The second-order valence-electron chi connectivity index (χ2n) is 6.57. The molecule has 0 radical (unpaired) electrons. The zero-order valence-corrected chi connectivity index (χ0v) is 15.9. The number of hydrogen-bond acceptors (Lipinski definition) is 0. The van der Waals surface area contributed by atoms with Gasteiger partial charge in [0.05, 0.1) is 0 Å². The molecule has 2 rings (SSSR count). The average Bonchev–Trinajstić information content (AvgIpc) is 2.99. The van der Waals surface area contributed by atoms with E-state index >= 15 is 0 Å². The first-order valence-electron chi connectivity index (χ1n) is 8.86. The summed E-state index contributed by atoms with van der Waals surface area (Å²) in [6, 6.07) is 6.82. The van der Waals surface area contributed by atoms with Gasteiger partial charge in [0.25, 0.3) is 0 Å². The van der Waals surface area contributed by atoms with Crippen molar-refractivity contribution in [2.75, 3.05) is 0 Å². The van der Waals surface area contributed by atoms with Gasteiger partial charge >= 0.3 is 0 Å². The molecule has 0 amide bonds. The normalized spacial score (nSPS) is 14.9. The largest absolute Gasteiger partial charge is 0.121 e. The molecular weight excluding hydrogens is 300 g/mol. The van der Waals surface area contributed by atoms with Gasteiger partial charge in [0.1, 0.15) is 0 Å². The van der Waals surface area contributed by atoms with Crippen molar-refractivity contribution in [1.29, 1.82) is 0 Å². The van der Waals surface area contributed by atoms with Crippen LogP contribution in [0, 0.1) is 0 Å². The highest BCUT2D eigenvalue weighted by molar-refractivity contribution is 5.77. The molecule has 1 aromatic rings. The van der Waals surface area contributed by atoms with E-state index in [2.05, 4.69) is 63.1 Å². The van der Waals surface area contributed by atoms with Gasteiger partial charge in [0.2, 0.25) is 0 Å². The summed E-state index contributed by atoms with van der Waals surface area (Å²) in [6.45, 7) is 16.2. The third kappa shape index (κ3) is 4.50. The molecule has 0 N–H and O–H groups in total. The average molecular weight is 328 g/mol. The van der Waals surface area contributed by atoms with E-state index in [1.165, 1.54) is 39.0 Å². The van der Waals surface area contributed by atoms with Crippen LogP contribution in [0.1, 0.15) is 50.8 Å². The van der Waals surface area contributed by atoms with E-state index < -0.39 is 0 Å². The number of fused-ring (bicyclic) bond motifs is 1. The Morgan fingerprint density at radius 3 is 2.52 bits per heavy atom. The Morgan fingerprint density at radius 2 is 1.88 bits per heavy atom. The summed E-state index contributed by atoms with van der Waals surface area (Å²) >= 11 is 0. The summed E-state index contributed by atoms with van der Waals surface area (Å²) in [5, 5.41) is 0. The molecule has 25 heavy (non-hydrogen) atoms. The van der Waals surface area contributed by atoms with Crippen molar-refractivity contribution >= 4 is 11.1 Å². The van der Waals surface area contributed by atoms with Gasteiger partial charge in [-0.1, -0.05) is 61.2 Å². The molecule has 1 aliphatic carbocycles. The highest BCUT2D eigenvalue weighted by atomic mass is 14.2. The fourth-order valence-corrected chi connectivity index (χ4v) is 3.14. The zero-order valence-electron chi connectivity index (χ0n) is 15.9. The minimum absolute atomic E-state index is 1.04. The summed E-state index contributed by atoms with van der Waals surface area (Å²) < 4.78 is 0. The van der Waals surface area contributed by atoms with Crippen LogP contribution in [-0.4, -0.2) is 0 Å². The Morgan fingerprint density at radius 1 is 1.12 bits per heavy atom. The third-order valence-electron chi connectivity index (χ3n) is 4.67. The maximum Gasteiger partial charge on any atom is 0.00146 e. The van der Waals surface area contributed by atoms with Crippen molar-refractivity contribution in [3.63, 3.8) is 0 Å². The van der Waals surface area contributed by atoms with Gasteiger partial charge in [-0.2, -0.15) is 0 Å². The molecule has 0 fully saturated rings. The Bertz CT molecular complexity index is 844. The van der Waals surface area contributed by atoms with Crippen LogP contribution in [0.2, 0.25) is 0 Å². The zero-order chi connectivity index (χ0) is 18.4. The van der Waals surface area contributed by atoms with Crippen molar-refractivity contribution in [3.8, 4) is 0 Å². The van der Waals surface area contributed by atoms with Gasteiger partial charge < -0.3 is 0 Å². The molecule has 0 aliphatic heterocycles. The molecule has 0 nitrogen and oxygen atoms in total. The summed E-state index contributed by atoms with van der Waals surface area (Å²) in [7, 11) is 0. The topological polar surface area (TPSA) is 0 Å². The van der Waals surface area contributed by atoms with Crippen LogP contribution in [0.25, 0.3) is 11.1 Å². The lowest BCUT2D eigenvalue weighted by Crippen LogP contribution is -1.91. The number of hydrogen-bond donors (Lipinski definition) is 0.